The number of rotatable bonds is 3. The molecule has 1 unspecified atom stereocenters. The van der Waals surface area contributed by atoms with Crippen molar-refractivity contribution in [3.8, 4) is 0 Å². The molecule has 0 amide bonds. The van der Waals surface area contributed by atoms with Gasteiger partial charge in [0.25, 0.3) is 0 Å². The number of aromatic nitrogens is 2. The average molecular weight is 275 g/mol. The van der Waals surface area contributed by atoms with Crippen LogP contribution in [0.2, 0.25) is 0 Å². The zero-order chi connectivity index (χ0) is 14.1. The summed E-state index contributed by atoms with van der Waals surface area (Å²) in [4.78, 5) is 13.5. The summed E-state index contributed by atoms with van der Waals surface area (Å²) in [5, 5.41) is 14.1. The number of morpholine rings is 1. The molecule has 1 atom stereocenters. The Labute approximate surface area is 116 Å². The van der Waals surface area contributed by atoms with Crippen LogP contribution in [0.25, 0.3) is 10.9 Å². The van der Waals surface area contributed by atoms with Crippen molar-refractivity contribution in [2.24, 2.45) is 0 Å². The molecule has 0 bridgehead atoms. The van der Waals surface area contributed by atoms with Crippen LogP contribution >= 0.6 is 0 Å². The molecule has 3 rings (SSSR count). The zero-order valence-electron chi connectivity index (χ0n) is 11.3. The number of carboxylic acids is 1. The van der Waals surface area contributed by atoms with Crippen molar-refractivity contribution in [2.75, 3.05) is 26.7 Å². The molecule has 0 spiro atoms. The van der Waals surface area contributed by atoms with Gasteiger partial charge < -0.3 is 14.7 Å². The van der Waals surface area contributed by atoms with E-state index in [9.17, 15) is 9.90 Å². The van der Waals surface area contributed by atoms with Gasteiger partial charge in [0.1, 0.15) is 0 Å². The summed E-state index contributed by atoms with van der Waals surface area (Å²) in [7, 11) is 2.05. The minimum Gasteiger partial charge on any atom is -0.476 e. The number of ether oxygens (including phenoxy) is 1. The molecule has 1 aliphatic heterocycles. The standard InChI is InChI=1S/C14H17N3O3/c1-16-6-7-20-10(8-16)9-17-12-5-3-2-4-11(12)13(15-17)14(18)19/h2-5,10H,6-9H2,1H3,(H,18,19). The minimum atomic E-state index is -0.998. The van der Waals surface area contributed by atoms with Crippen LogP contribution in [0.1, 0.15) is 10.5 Å². The molecule has 1 saturated heterocycles. The van der Waals surface area contributed by atoms with Gasteiger partial charge in [-0.3, -0.25) is 4.68 Å². The van der Waals surface area contributed by atoms with Crippen LogP contribution in [0, 0.1) is 0 Å². The summed E-state index contributed by atoms with van der Waals surface area (Å²) in [6.45, 7) is 3.03. The maximum atomic E-state index is 11.3. The van der Waals surface area contributed by atoms with Crippen LogP contribution in [0.15, 0.2) is 24.3 Å². The van der Waals surface area contributed by atoms with Gasteiger partial charge in [0.05, 0.1) is 24.8 Å². The minimum absolute atomic E-state index is 0.0405. The molecular formula is C14H17N3O3. The lowest BCUT2D eigenvalue weighted by Crippen LogP contribution is -2.42. The number of aromatic carboxylic acids is 1. The van der Waals surface area contributed by atoms with Crippen molar-refractivity contribution in [1.29, 1.82) is 0 Å². The third-order valence-corrected chi connectivity index (χ3v) is 3.58. The lowest BCUT2D eigenvalue weighted by Gasteiger charge is -2.30. The first kappa shape index (κ1) is 13.1. The van der Waals surface area contributed by atoms with E-state index in [-0.39, 0.29) is 11.8 Å². The Balaban J connectivity index is 1.93. The Morgan fingerprint density at radius 3 is 3.05 bits per heavy atom. The monoisotopic (exact) mass is 275 g/mol. The first-order valence-electron chi connectivity index (χ1n) is 6.64. The van der Waals surface area contributed by atoms with E-state index in [4.69, 9.17) is 4.74 Å². The number of hydrogen-bond acceptors (Lipinski definition) is 4. The van der Waals surface area contributed by atoms with Crippen LogP contribution in [0.3, 0.4) is 0 Å². The normalized spacial score (nSPS) is 20.4. The fourth-order valence-electron chi connectivity index (χ4n) is 2.59. The summed E-state index contributed by atoms with van der Waals surface area (Å²) in [6.07, 6.45) is 0.0405. The second kappa shape index (κ2) is 5.22. The number of carboxylic acid groups (broad SMARTS) is 1. The number of fused-ring (bicyclic) bond motifs is 1. The Bertz CT molecular complexity index is 638. The van der Waals surface area contributed by atoms with Gasteiger partial charge in [0.15, 0.2) is 5.69 Å². The summed E-state index contributed by atoms with van der Waals surface area (Å²) in [6, 6.07) is 7.39. The predicted octanol–water partition coefficient (Wildman–Crippen LogP) is 1.07. The summed E-state index contributed by atoms with van der Waals surface area (Å²) in [5.41, 5.74) is 0.937. The average Bonchev–Trinajstić information content (AvgIpc) is 2.78. The van der Waals surface area contributed by atoms with Crippen LogP contribution in [0.5, 0.6) is 0 Å². The molecular weight excluding hydrogens is 258 g/mol. The molecule has 6 heteroatoms. The van der Waals surface area contributed by atoms with Gasteiger partial charge in [-0.2, -0.15) is 5.10 Å². The Morgan fingerprint density at radius 2 is 2.30 bits per heavy atom. The van der Waals surface area contributed by atoms with E-state index < -0.39 is 5.97 Å². The van der Waals surface area contributed by atoms with Crippen molar-refractivity contribution < 1.29 is 14.6 Å². The maximum absolute atomic E-state index is 11.3. The Morgan fingerprint density at radius 1 is 1.50 bits per heavy atom. The van der Waals surface area contributed by atoms with Crippen molar-refractivity contribution in [3.63, 3.8) is 0 Å². The van der Waals surface area contributed by atoms with Gasteiger partial charge in [-0.15, -0.1) is 0 Å². The molecule has 1 fully saturated rings. The summed E-state index contributed by atoms with van der Waals surface area (Å²) < 4.78 is 7.46. The number of carbonyl (C=O) groups is 1. The predicted molar refractivity (Wildman–Crippen MR) is 73.9 cm³/mol. The van der Waals surface area contributed by atoms with Crippen LogP contribution in [-0.4, -0.2) is 58.6 Å². The molecule has 1 aromatic carbocycles. The molecule has 0 aliphatic carbocycles. The van der Waals surface area contributed by atoms with Gasteiger partial charge in [-0.1, -0.05) is 18.2 Å². The highest BCUT2D eigenvalue weighted by atomic mass is 16.5. The third-order valence-electron chi connectivity index (χ3n) is 3.58. The Kier molecular flexibility index (Phi) is 3.42. The highest BCUT2D eigenvalue weighted by Gasteiger charge is 2.21. The molecule has 0 radical (unpaired) electrons. The van der Waals surface area contributed by atoms with E-state index in [1.54, 1.807) is 10.7 Å². The fourth-order valence-corrected chi connectivity index (χ4v) is 2.59. The first-order chi connectivity index (χ1) is 9.65. The molecule has 1 aliphatic rings. The van der Waals surface area contributed by atoms with Gasteiger partial charge in [-0.25, -0.2) is 4.79 Å². The van der Waals surface area contributed by atoms with Crippen LogP contribution in [0.4, 0.5) is 0 Å². The van der Waals surface area contributed by atoms with E-state index in [0.29, 0.717) is 18.5 Å². The van der Waals surface area contributed by atoms with E-state index in [2.05, 4.69) is 17.0 Å². The Hall–Kier alpha value is -1.92. The smallest absolute Gasteiger partial charge is 0.357 e. The highest BCUT2D eigenvalue weighted by Crippen LogP contribution is 2.19. The number of likely N-dealkylation sites (N-methyl/N-ethyl adjacent to an activating group) is 1. The van der Waals surface area contributed by atoms with Gasteiger partial charge in [0.2, 0.25) is 0 Å². The zero-order valence-corrected chi connectivity index (χ0v) is 11.3. The van der Waals surface area contributed by atoms with Crippen molar-refractivity contribution in [3.05, 3.63) is 30.0 Å². The topological polar surface area (TPSA) is 67.6 Å². The molecule has 20 heavy (non-hydrogen) atoms. The van der Waals surface area contributed by atoms with E-state index >= 15 is 0 Å². The van der Waals surface area contributed by atoms with E-state index in [0.717, 1.165) is 18.6 Å². The number of hydrogen-bond donors (Lipinski definition) is 1. The van der Waals surface area contributed by atoms with Crippen molar-refractivity contribution >= 4 is 16.9 Å². The largest absolute Gasteiger partial charge is 0.476 e. The maximum Gasteiger partial charge on any atom is 0.357 e. The molecule has 2 aromatic rings. The van der Waals surface area contributed by atoms with Gasteiger partial charge >= 0.3 is 5.97 Å². The number of para-hydroxylation sites is 1. The van der Waals surface area contributed by atoms with Crippen LogP contribution in [-0.2, 0) is 11.3 Å². The molecule has 6 nitrogen and oxygen atoms in total. The summed E-state index contributed by atoms with van der Waals surface area (Å²) in [5.74, 6) is -0.998. The van der Waals surface area contributed by atoms with E-state index in [1.165, 1.54) is 0 Å². The lowest BCUT2D eigenvalue weighted by molar-refractivity contribution is -0.0285. The van der Waals surface area contributed by atoms with Crippen LogP contribution < -0.4 is 0 Å². The van der Waals surface area contributed by atoms with E-state index in [1.807, 2.05) is 18.2 Å². The summed E-state index contributed by atoms with van der Waals surface area (Å²) >= 11 is 0. The number of nitrogens with zero attached hydrogens (tertiary/aromatic N) is 3. The highest BCUT2D eigenvalue weighted by molar-refractivity contribution is 6.01. The number of benzene rings is 1. The van der Waals surface area contributed by atoms with Crippen molar-refractivity contribution in [2.45, 2.75) is 12.6 Å². The van der Waals surface area contributed by atoms with Gasteiger partial charge in [-0.05, 0) is 13.1 Å². The molecule has 2 heterocycles. The van der Waals surface area contributed by atoms with Gasteiger partial charge in [0, 0.05) is 18.5 Å². The van der Waals surface area contributed by atoms with Crippen molar-refractivity contribution in [1.82, 2.24) is 14.7 Å². The quantitative estimate of drug-likeness (QED) is 0.907. The molecule has 1 aromatic heterocycles. The lowest BCUT2D eigenvalue weighted by atomic mass is 10.2. The second-order valence-electron chi connectivity index (χ2n) is 5.11. The first-order valence-corrected chi connectivity index (χ1v) is 6.64. The molecule has 1 N–H and O–H groups in total. The molecule has 106 valence electrons. The third kappa shape index (κ3) is 2.39. The SMILES string of the molecule is CN1CCOC(Cn2nc(C(=O)O)c3ccccc32)C1. The molecule has 0 saturated carbocycles. The fraction of sp³-hybridized carbons (Fsp3) is 0.429. The second-order valence-corrected chi connectivity index (χ2v) is 5.11.